The Morgan fingerprint density at radius 3 is 2.54 bits per heavy atom. The van der Waals surface area contributed by atoms with Gasteiger partial charge >= 0.3 is 0 Å². The first-order valence-electron chi connectivity index (χ1n) is 8.48. The fourth-order valence-electron chi connectivity index (χ4n) is 3.81. The number of nitrogens with zero attached hydrogens (tertiary/aromatic N) is 2. The standard InChI is InChI=1S/C19H19N3O4/c1-19(2)20-16(24)14-12-8-9-21(10-11-6-4-3-5-7-11)17(25)13(12)15(23)18(26)22(14)19/h3-7,23H,8-10H2,1-2H3,(H,20,24). The molecule has 0 atom stereocenters. The second-order valence-electron chi connectivity index (χ2n) is 7.17. The van der Waals surface area contributed by atoms with Gasteiger partial charge in [0.2, 0.25) is 0 Å². The largest absolute Gasteiger partial charge is 0.502 e. The van der Waals surface area contributed by atoms with Gasteiger partial charge in [-0.25, -0.2) is 0 Å². The van der Waals surface area contributed by atoms with Gasteiger partial charge in [-0.15, -0.1) is 0 Å². The highest BCUT2D eigenvalue weighted by molar-refractivity contribution is 6.04. The highest BCUT2D eigenvalue weighted by Crippen LogP contribution is 2.33. The lowest BCUT2D eigenvalue weighted by Crippen LogP contribution is -2.43. The molecule has 134 valence electrons. The lowest BCUT2D eigenvalue weighted by atomic mass is 9.95. The number of carbonyl (C=O) groups excluding carboxylic acids is 2. The second kappa shape index (κ2) is 5.45. The Bertz CT molecular complexity index is 992. The molecule has 0 spiro atoms. The molecule has 4 rings (SSSR count). The molecule has 2 amide bonds. The van der Waals surface area contributed by atoms with Gasteiger partial charge in [0, 0.05) is 18.7 Å². The summed E-state index contributed by atoms with van der Waals surface area (Å²) in [6.07, 6.45) is 0.403. The van der Waals surface area contributed by atoms with Gasteiger partial charge in [0.1, 0.15) is 11.4 Å². The van der Waals surface area contributed by atoms with Crippen molar-refractivity contribution < 1.29 is 14.7 Å². The van der Waals surface area contributed by atoms with Gasteiger partial charge < -0.3 is 15.3 Å². The summed E-state index contributed by atoms with van der Waals surface area (Å²) in [7, 11) is 0. The van der Waals surface area contributed by atoms with Crippen molar-refractivity contribution in [3.05, 3.63) is 63.1 Å². The van der Waals surface area contributed by atoms with E-state index in [1.54, 1.807) is 18.7 Å². The number of carbonyl (C=O) groups is 2. The first kappa shape index (κ1) is 16.4. The Morgan fingerprint density at radius 1 is 1.15 bits per heavy atom. The fraction of sp³-hybridized carbons (Fsp3) is 0.316. The minimum absolute atomic E-state index is 0.0451. The molecule has 2 aliphatic rings. The summed E-state index contributed by atoms with van der Waals surface area (Å²) in [4.78, 5) is 39.6. The number of benzene rings is 1. The fourth-order valence-corrected chi connectivity index (χ4v) is 3.81. The van der Waals surface area contributed by atoms with Crippen LogP contribution in [-0.2, 0) is 18.6 Å². The van der Waals surface area contributed by atoms with Crippen LogP contribution >= 0.6 is 0 Å². The van der Waals surface area contributed by atoms with Crippen LogP contribution in [0.3, 0.4) is 0 Å². The van der Waals surface area contributed by atoms with Crippen molar-refractivity contribution in [1.82, 2.24) is 14.8 Å². The van der Waals surface area contributed by atoms with Crippen molar-refractivity contribution in [2.75, 3.05) is 6.54 Å². The predicted octanol–water partition coefficient (Wildman–Crippen LogP) is 1.19. The summed E-state index contributed by atoms with van der Waals surface area (Å²) in [5.74, 6) is -1.41. The van der Waals surface area contributed by atoms with Crippen LogP contribution in [0.2, 0.25) is 0 Å². The van der Waals surface area contributed by atoms with Crippen LogP contribution in [-0.4, -0.2) is 32.9 Å². The van der Waals surface area contributed by atoms with E-state index in [2.05, 4.69) is 5.32 Å². The van der Waals surface area contributed by atoms with E-state index in [4.69, 9.17) is 0 Å². The van der Waals surface area contributed by atoms with E-state index in [0.717, 1.165) is 5.56 Å². The minimum Gasteiger partial charge on any atom is -0.502 e. The van der Waals surface area contributed by atoms with E-state index < -0.39 is 28.8 Å². The molecule has 0 aliphatic carbocycles. The number of pyridine rings is 1. The molecule has 3 heterocycles. The van der Waals surface area contributed by atoms with E-state index in [-0.39, 0.29) is 11.3 Å². The number of hydrogen-bond donors (Lipinski definition) is 2. The Morgan fingerprint density at radius 2 is 1.85 bits per heavy atom. The average molecular weight is 353 g/mol. The smallest absolute Gasteiger partial charge is 0.296 e. The maximum absolute atomic E-state index is 12.9. The van der Waals surface area contributed by atoms with Gasteiger partial charge in [0.05, 0.1) is 5.56 Å². The van der Waals surface area contributed by atoms with Crippen LogP contribution in [0.1, 0.15) is 45.8 Å². The predicted molar refractivity (Wildman–Crippen MR) is 94.0 cm³/mol. The van der Waals surface area contributed by atoms with Crippen LogP contribution in [0.25, 0.3) is 0 Å². The van der Waals surface area contributed by atoms with Gasteiger partial charge in [-0.2, -0.15) is 0 Å². The Balaban J connectivity index is 1.83. The zero-order valence-corrected chi connectivity index (χ0v) is 14.6. The monoisotopic (exact) mass is 353 g/mol. The lowest BCUT2D eigenvalue weighted by molar-refractivity contribution is 0.0721. The number of aromatic hydroxyl groups is 1. The number of amides is 2. The first-order valence-corrected chi connectivity index (χ1v) is 8.48. The summed E-state index contributed by atoms with van der Waals surface area (Å²) in [5.41, 5.74) is -0.130. The van der Waals surface area contributed by atoms with Gasteiger partial charge in [0.15, 0.2) is 5.75 Å². The van der Waals surface area contributed by atoms with Crippen LogP contribution in [0.5, 0.6) is 5.75 Å². The number of rotatable bonds is 2. The summed E-state index contributed by atoms with van der Waals surface area (Å²) in [6.45, 7) is 4.16. The molecule has 0 unspecified atom stereocenters. The Kier molecular flexibility index (Phi) is 3.44. The molecular formula is C19H19N3O4. The molecule has 1 aromatic heterocycles. The van der Waals surface area contributed by atoms with E-state index in [1.165, 1.54) is 4.57 Å². The van der Waals surface area contributed by atoms with E-state index >= 15 is 0 Å². The average Bonchev–Trinajstić information content (AvgIpc) is 2.84. The molecule has 2 aliphatic heterocycles. The molecule has 7 heteroatoms. The number of hydrogen-bond acceptors (Lipinski definition) is 4. The van der Waals surface area contributed by atoms with Gasteiger partial charge in [0.25, 0.3) is 17.4 Å². The third-order valence-corrected chi connectivity index (χ3v) is 5.00. The summed E-state index contributed by atoms with van der Waals surface area (Å²) < 4.78 is 1.25. The normalized spacial score (nSPS) is 17.7. The SMILES string of the molecule is CC1(C)NC(=O)c2c3c(c(O)c(=O)n21)C(=O)N(Cc1ccccc1)CC3. The van der Waals surface area contributed by atoms with Gasteiger partial charge in [-0.3, -0.25) is 19.0 Å². The van der Waals surface area contributed by atoms with Crippen molar-refractivity contribution in [3.63, 3.8) is 0 Å². The molecular weight excluding hydrogens is 334 g/mol. The quantitative estimate of drug-likeness (QED) is 0.848. The minimum atomic E-state index is -0.944. The second-order valence-corrected chi connectivity index (χ2v) is 7.17. The highest BCUT2D eigenvalue weighted by Gasteiger charge is 2.43. The number of aromatic nitrogens is 1. The van der Waals surface area contributed by atoms with Crippen LogP contribution < -0.4 is 10.9 Å². The molecule has 0 bridgehead atoms. The Labute approximate surface area is 149 Å². The van der Waals surface area contributed by atoms with E-state index in [0.29, 0.717) is 25.1 Å². The molecule has 2 N–H and O–H groups in total. The van der Waals surface area contributed by atoms with Crippen LogP contribution in [0.4, 0.5) is 0 Å². The third-order valence-electron chi connectivity index (χ3n) is 5.00. The van der Waals surface area contributed by atoms with E-state index in [9.17, 15) is 19.5 Å². The molecule has 0 saturated carbocycles. The van der Waals surface area contributed by atoms with Gasteiger partial charge in [-0.05, 0) is 25.8 Å². The molecule has 0 saturated heterocycles. The van der Waals surface area contributed by atoms with Crippen LogP contribution in [0, 0.1) is 0 Å². The Hall–Kier alpha value is -3.09. The summed E-state index contributed by atoms with van der Waals surface area (Å²) >= 11 is 0. The van der Waals surface area contributed by atoms with Crippen LogP contribution in [0.15, 0.2) is 35.1 Å². The van der Waals surface area contributed by atoms with Crippen molar-refractivity contribution in [1.29, 1.82) is 0 Å². The van der Waals surface area contributed by atoms with Crippen molar-refractivity contribution in [2.45, 2.75) is 32.5 Å². The van der Waals surface area contributed by atoms with Crippen molar-refractivity contribution >= 4 is 11.8 Å². The topological polar surface area (TPSA) is 91.6 Å². The molecule has 7 nitrogen and oxygen atoms in total. The molecule has 0 radical (unpaired) electrons. The number of nitrogens with one attached hydrogen (secondary N) is 1. The zero-order valence-electron chi connectivity index (χ0n) is 14.6. The lowest BCUT2D eigenvalue weighted by Gasteiger charge is -2.30. The third kappa shape index (κ3) is 2.23. The molecule has 1 aromatic carbocycles. The van der Waals surface area contributed by atoms with Crippen molar-refractivity contribution in [2.24, 2.45) is 0 Å². The maximum Gasteiger partial charge on any atom is 0.296 e. The zero-order chi connectivity index (χ0) is 18.6. The van der Waals surface area contributed by atoms with E-state index in [1.807, 2.05) is 30.3 Å². The highest BCUT2D eigenvalue weighted by atomic mass is 16.3. The number of fused-ring (bicyclic) bond motifs is 3. The van der Waals surface area contributed by atoms with Crippen molar-refractivity contribution in [3.8, 4) is 5.75 Å². The molecule has 0 fully saturated rings. The molecule has 26 heavy (non-hydrogen) atoms. The first-order chi connectivity index (χ1) is 12.3. The van der Waals surface area contributed by atoms with Gasteiger partial charge in [-0.1, -0.05) is 30.3 Å². The molecule has 2 aromatic rings. The summed E-state index contributed by atoms with van der Waals surface area (Å²) in [6, 6.07) is 9.50. The maximum atomic E-state index is 12.9. The summed E-state index contributed by atoms with van der Waals surface area (Å²) in [5, 5.41) is 13.2.